The monoisotopic (exact) mass is 383 g/mol. The van der Waals surface area contributed by atoms with Crippen LogP contribution in [-0.2, 0) is 19.8 Å². The first-order valence-electron chi connectivity index (χ1n) is 10.4. The lowest BCUT2D eigenvalue weighted by Gasteiger charge is -2.39. The second-order valence-corrected chi connectivity index (χ2v) is 8.74. The third-order valence-corrected chi connectivity index (χ3v) is 6.26. The van der Waals surface area contributed by atoms with Gasteiger partial charge in [0.25, 0.3) is 0 Å². The fourth-order valence-electron chi connectivity index (χ4n) is 4.64. The van der Waals surface area contributed by atoms with E-state index in [0.717, 1.165) is 18.4 Å². The number of rotatable bonds is 4. The van der Waals surface area contributed by atoms with Gasteiger partial charge in [0.2, 0.25) is 17.7 Å². The topological polar surface area (TPSA) is 60.9 Å². The minimum atomic E-state index is -0.426. The summed E-state index contributed by atoms with van der Waals surface area (Å²) in [5.74, 6) is 0.515. The minimum Gasteiger partial charge on any atom is -0.340 e. The van der Waals surface area contributed by atoms with Crippen LogP contribution >= 0.6 is 0 Å². The molecule has 3 amide bonds. The number of hydrogen-bond donors (Lipinski definition) is 0. The lowest BCUT2D eigenvalue weighted by Crippen LogP contribution is -2.60. The molecule has 2 heterocycles. The van der Waals surface area contributed by atoms with Crippen molar-refractivity contribution in [1.29, 1.82) is 0 Å². The summed E-state index contributed by atoms with van der Waals surface area (Å²) >= 11 is 0. The van der Waals surface area contributed by atoms with Crippen LogP contribution in [0, 0.1) is 5.92 Å². The Bertz CT molecular complexity index is 772. The second-order valence-electron chi connectivity index (χ2n) is 8.74. The van der Waals surface area contributed by atoms with Gasteiger partial charge in [-0.25, -0.2) is 0 Å². The Morgan fingerprint density at radius 3 is 2.46 bits per heavy atom. The largest absolute Gasteiger partial charge is 0.340 e. The number of nitrogens with zero attached hydrogens (tertiary/aromatic N) is 3. The van der Waals surface area contributed by atoms with Crippen molar-refractivity contribution < 1.29 is 14.4 Å². The molecule has 1 aromatic rings. The first kappa shape index (κ1) is 19.0. The van der Waals surface area contributed by atoms with E-state index in [9.17, 15) is 14.4 Å². The van der Waals surface area contributed by atoms with Crippen LogP contribution in [0.3, 0.4) is 0 Å². The van der Waals surface area contributed by atoms with Crippen molar-refractivity contribution in [3.05, 3.63) is 35.9 Å². The van der Waals surface area contributed by atoms with E-state index in [1.165, 1.54) is 0 Å². The van der Waals surface area contributed by atoms with Gasteiger partial charge in [-0.3, -0.25) is 14.4 Å². The Morgan fingerprint density at radius 1 is 1.11 bits per heavy atom. The van der Waals surface area contributed by atoms with Gasteiger partial charge in [-0.2, -0.15) is 0 Å². The summed E-state index contributed by atoms with van der Waals surface area (Å²) in [5.41, 5.74) is 0.682. The predicted molar refractivity (Wildman–Crippen MR) is 105 cm³/mol. The molecule has 6 heteroatoms. The third-order valence-electron chi connectivity index (χ3n) is 6.26. The summed E-state index contributed by atoms with van der Waals surface area (Å²) in [6, 6.07) is 9.56. The van der Waals surface area contributed by atoms with Crippen molar-refractivity contribution >= 4 is 17.7 Å². The van der Waals surface area contributed by atoms with Gasteiger partial charge in [0.05, 0.1) is 12.0 Å². The highest BCUT2D eigenvalue weighted by Crippen LogP contribution is 2.49. The molecule has 2 aliphatic heterocycles. The maximum absolute atomic E-state index is 13.3. The van der Waals surface area contributed by atoms with Gasteiger partial charge in [-0.1, -0.05) is 44.2 Å². The molecule has 1 atom stereocenters. The summed E-state index contributed by atoms with van der Waals surface area (Å²) in [6.07, 6.45) is 2.27. The van der Waals surface area contributed by atoms with Gasteiger partial charge in [-0.05, 0) is 30.7 Å². The maximum atomic E-state index is 13.3. The Hall–Kier alpha value is -2.37. The van der Waals surface area contributed by atoms with E-state index in [1.54, 1.807) is 9.80 Å². The fourth-order valence-corrected chi connectivity index (χ4v) is 4.64. The second kappa shape index (κ2) is 7.22. The molecule has 1 unspecified atom stereocenters. The molecule has 150 valence electrons. The van der Waals surface area contributed by atoms with Crippen molar-refractivity contribution in [2.45, 2.75) is 44.6 Å². The molecule has 1 aromatic carbocycles. The van der Waals surface area contributed by atoms with Gasteiger partial charge in [0.15, 0.2) is 0 Å². The molecule has 0 N–H and O–H groups in total. The summed E-state index contributed by atoms with van der Waals surface area (Å²) in [4.78, 5) is 44.2. The normalized spacial score (nSPS) is 24.2. The molecule has 1 saturated carbocycles. The lowest BCUT2D eigenvalue weighted by molar-refractivity contribution is -0.156. The Balaban J connectivity index is 1.49. The van der Waals surface area contributed by atoms with Crippen LogP contribution in [0.5, 0.6) is 0 Å². The average Bonchev–Trinajstić information content (AvgIpc) is 3.50. The molecule has 2 saturated heterocycles. The summed E-state index contributed by atoms with van der Waals surface area (Å²) in [6.45, 7) is 6.36. The average molecular weight is 383 g/mol. The molecular weight excluding hydrogens is 354 g/mol. The van der Waals surface area contributed by atoms with Crippen LogP contribution in [0.1, 0.15) is 38.7 Å². The van der Waals surface area contributed by atoms with Crippen molar-refractivity contribution in [2.24, 2.45) is 5.92 Å². The highest BCUT2D eigenvalue weighted by Gasteiger charge is 2.53. The van der Waals surface area contributed by atoms with Crippen molar-refractivity contribution in [2.75, 3.05) is 32.7 Å². The number of hydrogen-bond acceptors (Lipinski definition) is 3. The first-order valence-corrected chi connectivity index (χ1v) is 10.4. The Kier molecular flexibility index (Phi) is 4.89. The van der Waals surface area contributed by atoms with E-state index in [2.05, 4.69) is 13.8 Å². The van der Waals surface area contributed by atoms with Gasteiger partial charge < -0.3 is 14.7 Å². The number of piperazine rings is 1. The van der Waals surface area contributed by atoms with E-state index >= 15 is 0 Å². The molecule has 0 radical (unpaired) electrons. The summed E-state index contributed by atoms with van der Waals surface area (Å²) < 4.78 is 0. The smallest absolute Gasteiger partial charge is 0.245 e. The van der Waals surface area contributed by atoms with Crippen LogP contribution in [0.4, 0.5) is 0 Å². The van der Waals surface area contributed by atoms with E-state index in [1.807, 2.05) is 35.2 Å². The van der Waals surface area contributed by atoms with Crippen LogP contribution in [0.2, 0.25) is 0 Å². The quantitative estimate of drug-likeness (QED) is 0.794. The van der Waals surface area contributed by atoms with Crippen LogP contribution in [0.25, 0.3) is 0 Å². The zero-order chi connectivity index (χ0) is 19.9. The standard InChI is InChI=1S/C22H29N3O3/c1-16(2)14-24-15-19(26)25-13-12-23(11-8-18(25)20(24)27)21(28)22(9-10-22)17-6-4-3-5-7-17/h3-7,16,18H,8-15H2,1-2H3. The first-order chi connectivity index (χ1) is 13.4. The zero-order valence-corrected chi connectivity index (χ0v) is 16.8. The van der Waals surface area contributed by atoms with Gasteiger partial charge in [0, 0.05) is 26.2 Å². The number of amides is 3. The molecule has 6 nitrogen and oxygen atoms in total. The molecule has 4 rings (SSSR count). The molecule has 3 fully saturated rings. The van der Waals surface area contributed by atoms with Gasteiger partial charge in [0.1, 0.15) is 6.04 Å². The highest BCUT2D eigenvalue weighted by molar-refractivity contribution is 5.95. The Labute approximate surface area is 166 Å². The van der Waals surface area contributed by atoms with E-state index in [4.69, 9.17) is 0 Å². The molecule has 0 aromatic heterocycles. The summed E-state index contributed by atoms with van der Waals surface area (Å²) in [5, 5.41) is 0. The number of benzene rings is 1. The van der Waals surface area contributed by atoms with E-state index < -0.39 is 11.5 Å². The minimum absolute atomic E-state index is 0.00347. The zero-order valence-electron chi connectivity index (χ0n) is 16.8. The molecule has 0 bridgehead atoms. The van der Waals surface area contributed by atoms with E-state index in [0.29, 0.717) is 38.5 Å². The van der Waals surface area contributed by atoms with Gasteiger partial charge >= 0.3 is 0 Å². The summed E-state index contributed by atoms with van der Waals surface area (Å²) in [7, 11) is 0. The predicted octanol–water partition coefficient (Wildman–Crippen LogP) is 1.65. The molecule has 28 heavy (non-hydrogen) atoms. The fraction of sp³-hybridized carbons (Fsp3) is 0.591. The molecule has 1 aliphatic carbocycles. The molecular formula is C22H29N3O3. The van der Waals surface area contributed by atoms with Gasteiger partial charge in [-0.15, -0.1) is 0 Å². The number of carbonyl (C=O) groups is 3. The molecule has 3 aliphatic rings. The van der Waals surface area contributed by atoms with Crippen molar-refractivity contribution in [3.63, 3.8) is 0 Å². The maximum Gasteiger partial charge on any atom is 0.245 e. The highest BCUT2D eigenvalue weighted by atomic mass is 16.2. The Morgan fingerprint density at radius 2 is 1.82 bits per heavy atom. The van der Waals surface area contributed by atoms with Crippen LogP contribution in [-0.4, -0.2) is 71.2 Å². The molecule has 0 spiro atoms. The number of carbonyl (C=O) groups excluding carboxylic acids is 3. The van der Waals surface area contributed by atoms with Crippen LogP contribution in [0.15, 0.2) is 30.3 Å². The van der Waals surface area contributed by atoms with Crippen molar-refractivity contribution in [1.82, 2.24) is 14.7 Å². The third kappa shape index (κ3) is 3.29. The van der Waals surface area contributed by atoms with E-state index in [-0.39, 0.29) is 24.3 Å². The number of fused-ring (bicyclic) bond motifs is 1. The van der Waals surface area contributed by atoms with Crippen LogP contribution < -0.4 is 0 Å². The SMILES string of the molecule is CC(C)CN1CC(=O)N2CCN(C(=O)C3(c4ccccc4)CC3)CCC2C1=O. The lowest BCUT2D eigenvalue weighted by atomic mass is 9.94. The van der Waals surface area contributed by atoms with Crippen molar-refractivity contribution in [3.8, 4) is 0 Å².